The van der Waals surface area contributed by atoms with Crippen LogP contribution in [0.15, 0.2) is 36.5 Å². The average molecular weight is 397 g/mol. The highest BCUT2D eigenvalue weighted by Crippen LogP contribution is 2.31. The number of amides is 3. The quantitative estimate of drug-likeness (QED) is 0.546. The lowest BCUT2D eigenvalue weighted by Gasteiger charge is -2.18. The molecule has 1 fully saturated rings. The maximum atomic E-state index is 11.9. The van der Waals surface area contributed by atoms with Crippen molar-refractivity contribution in [2.45, 2.75) is 32.2 Å². The summed E-state index contributed by atoms with van der Waals surface area (Å²) in [5, 5.41) is 8.38. The van der Waals surface area contributed by atoms with E-state index in [1.807, 2.05) is 12.1 Å². The van der Waals surface area contributed by atoms with Crippen LogP contribution in [0.25, 0.3) is 0 Å². The van der Waals surface area contributed by atoms with Gasteiger partial charge in [0.1, 0.15) is 11.6 Å². The van der Waals surface area contributed by atoms with E-state index in [9.17, 15) is 9.59 Å². The Labute approximate surface area is 170 Å². The predicted molar refractivity (Wildman–Crippen MR) is 112 cm³/mol. The van der Waals surface area contributed by atoms with E-state index in [4.69, 9.17) is 10.5 Å². The largest absolute Gasteiger partial charge is 0.491 e. The molecule has 1 aromatic heterocycles. The number of ether oxygens (including phenoxy) is 1. The van der Waals surface area contributed by atoms with Crippen LogP contribution < -0.4 is 26.4 Å². The van der Waals surface area contributed by atoms with Gasteiger partial charge in [-0.25, -0.2) is 9.78 Å². The average Bonchev–Trinajstić information content (AvgIpc) is 3.24. The Morgan fingerprint density at radius 1 is 1.24 bits per heavy atom. The zero-order valence-electron chi connectivity index (χ0n) is 16.5. The molecule has 0 unspecified atom stereocenters. The first kappa shape index (κ1) is 20.4. The summed E-state index contributed by atoms with van der Waals surface area (Å²) < 4.78 is 6.04. The minimum Gasteiger partial charge on any atom is -0.491 e. The summed E-state index contributed by atoms with van der Waals surface area (Å²) >= 11 is 0. The number of hydrogen-bond donors (Lipinski definition) is 4. The molecule has 3 amide bonds. The first-order chi connectivity index (χ1) is 14.1. The Hall–Kier alpha value is -3.29. The number of carbonyl (C=O) groups is 2. The minimum atomic E-state index is -0.518. The number of primary amides is 1. The molecule has 29 heavy (non-hydrogen) atoms. The summed E-state index contributed by atoms with van der Waals surface area (Å²) in [6.45, 7) is 1.04. The number of nitrogens with one attached hydrogen (secondary N) is 3. The van der Waals surface area contributed by atoms with Gasteiger partial charge in [0.25, 0.3) is 5.91 Å². The summed E-state index contributed by atoms with van der Waals surface area (Å²) in [4.78, 5) is 27.5. The zero-order valence-corrected chi connectivity index (χ0v) is 16.5. The van der Waals surface area contributed by atoms with E-state index in [1.54, 1.807) is 24.4 Å². The number of rotatable bonds is 8. The molecule has 0 atom stereocenters. The van der Waals surface area contributed by atoms with Gasteiger partial charge in [0, 0.05) is 19.8 Å². The predicted octanol–water partition coefficient (Wildman–Crippen LogP) is 3.11. The Kier molecular flexibility index (Phi) is 6.89. The molecule has 0 spiro atoms. The van der Waals surface area contributed by atoms with Crippen LogP contribution in [0.2, 0.25) is 0 Å². The molecule has 5 N–H and O–H groups in total. The number of carbonyl (C=O) groups excluding carboxylic acids is 2. The first-order valence-corrected chi connectivity index (χ1v) is 9.80. The molecule has 2 aromatic rings. The van der Waals surface area contributed by atoms with Crippen LogP contribution in [0.1, 0.15) is 41.6 Å². The van der Waals surface area contributed by atoms with Gasteiger partial charge in [0.2, 0.25) is 0 Å². The second-order valence-corrected chi connectivity index (χ2v) is 7.11. The van der Waals surface area contributed by atoms with E-state index in [1.165, 1.54) is 32.7 Å². The summed E-state index contributed by atoms with van der Waals surface area (Å²) in [7, 11) is 1.54. The van der Waals surface area contributed by atoms with Crippen molar-refractivity contribution < 1.29 is 14.3 Å². The Morgan fingerprint density at radius 2 is 2.03 bits per heavy atom. The molecule has 0 bridgehead atoms. The molecule has 1 aliphatic rings. The molecule has 8 heteroatoms. The number of urea groups is 1. The van der Waals surface area contributed by atoms with Crippen LogP contribution in [0.5, 0.6) is 5.75 Å². The molecule has 0 radical (unpaired) electrons. The van der Waals surface area contributed by atoms with Crippen LogP contribution in [-0.2, 0) is 6.54 Å². The van der Waals surface area contributed by atoms with Gasteiger partial charge in [0.15, 0.2) is 0 Å². The van der Waals surface area contributed by atoms with Gasteiger partial charge < -0.3 is 21.1 Å². The van der Waals surface area contributed by atoms with Crippen molar-refractivity contribution in [3.63, 3.8) is 0 Å². The summed E-state index contributed by atoms with van der Waals surface area (Å²) in [5.41, 5.74) is 7.41. The van der Waals surface area contributed by atoms with E-state index in [0.717, 1.165) is 5.56 Å². The minimum absolute atomic E-state index is 0.343. The molecule has 154 valence electrons. The van der Waals surface area contributed by atoms with Gasteiger partial charge >= 0.3 is 6.03 Å². The van der Waals surface area contributed by atoms with Crippen LogP contribution >= 0.6 is 0 Å². The number of hydrogen-bond acceptors (Lipinski definition) is 5. The van der Waals surface area contributed by atoms with Crippen molar-refractivity contribution in [1.29, 1.82) is 0 Å². The van der Waals surface area contributed by atoms with E-state index in [2.05, 4.69) is 20.9 Å². The third-order valence-electron chi connectivity index (χ3n) is 5.00. The number of benzene rings is 1. The number of nitrogens with zero attached hydrogens (tertiary/aromatic N) is 1. The van der Waals surface area contributed by atoms with E-state index < -0.39 is 5.91 Å². The van der Waals surface area contributed by atoms with Crippen LogP contribution in [0.4, 0.5) is 16.3 Å². The van der Waals surface area contributed by atoms with E-state index in [0.29, 0.717) is 41.9 Å². The highest BCUT2D eigenvalue weighted by atomic mass is 16.5. The maximum absolute atomic E-state index is 11.9. The topological polar surface area (TPSA) is 118 Å². The highest BCUT2D eigenvalue weighted by molar-refractivity contribution is 5.99. The Bertz CT molecular complexity index is 865. The maximum Gasteiger partial charge on any atom is 0.320 e. The number of nitrogens with two attached hydrogens (primary N) is 1. The van der Waals surface area contributed by atoms with Crippen molar-refractivity contribution in [2.75, 3.05) is 24.3 Å². The van der Waals surface area contributed by atoms with Gasteiger partial charge in [-0.15, -0.1) is 0 Å². The summed E-state index contributed by atoms with van der Waals surface area (Å²) in [5.74, 6) is 1.09. The number of pyridine rings is 1. The van der Waals surface area contributed by atoms with E-state index in [-0.39, 0.29) is 6.03 Å². The Balaban J connectivity index is 1.73. The second-order valence-electron chi connectivity index (χ2n) is 7.11. The molecular weight excluding hydrogens is 370 g/mol. The third kappa shape index (κ3) is 5.60. The first-order valence-electron chi connectivity index (χ1n) is 9.80. The lowest BCUT2D eigenvalue weighted by atomic mass is 10.1. The van der Waals surface area contributed by atoms with Gasteiger partial charge in [-0.3, -0.25) is 10.1 Å². The fourth-order valence-corrected chi connectivity index (χ4v) is 3.45. The van der Waals surface area contributed by atoms with Crippen molar-refractivity contribution in [3.05, 3.63) is 47.7 Å². The lowest BCUT2D eigenvalue weighted by molar-refractivity contribution is 0.100. The van der Waals surface area contributed by atoms with Gasteiger partial charge in [-0.1, -0.05) is 18.9 Å². The van der Waals surface area contributed by atoms with Crippen molar-refractivity contribution >= 4 is 23.4 Å². The van der Waals surface area contributed by atoms with Gasteiger partial charge in [0.05, 0.1) is 17.9 Å². The molecule has 1 aliphatic carbocycles. The van der Waals surface area contributed by atoms with E-state index >= 15 is 0 Å². The Morgan fingerprint density at radius 3 is 2.76 bits per heavy atom. The van der Waals surface area contributed by atoms with Gasteiger partial charge in [-0.2, -0.15) is 0 Å². The fourth-order valence-electron chi connectivity index (χ4n) is 3.45. The highest BCUT2D eigenvalue weighted by Gasteiger charge is 2.18. The summed E-state index contributed by atoms with van der Waals surface area (Å²) in [6, 6.07) is 8.53. The smallest absolute Gasteiger partial charge is 0.320 e. The third-order valence-corrected chi connectivity index (χ3v) is 5.00. The molecule has 8 nitrogen and oxygen atoms in total. The molecule has 0 aliphatic heterocycles. The monoisotopic (exact) mass is 397 g/mol. The SMILES string of the molecule is CNC(=O)Nc1cc(CNc2c(OCC3CCCC3)cccc2C(N)=O)ccn1. The standard InChI is InChI=1S/C21H27N5O3/c1-23-21(28)26-18-11-15(9-10-24-18)12-25-19-16(20(22)27)7-4-8-17(19)29-13-14-5-2-3-6-14/h4,7-11,14,25H,2-3,5-6,12-13H2,1H3,(H2,22,27)(H2,23,24,26,28). The van der Waals surface area contributed by atoms with Crippen LogP contribution in [0.3, 0.4) is 0 Å². The molecule has 0 saturated heterocycles. The number of para-hydroxylation sites is 1. The molecule has 1 heterocycles. The van der Waals surface area contributed by atoms with Gasteiger partial charge in [-0.05, 0) is 48.6 Å². The second kappa shape index (κ2) is 9.77. The van der Waals surface area contributed by atoms with Crippen molar-refractivity contribution in [3.8, 4) is 5.75 Å². The normalized spacial score (nSPS) is 13.7. The van der Waals surface area contributed by atoms with Crippen LogP contribution in [-0.4, -0.2) is 30.6 Å². The summed E-state index contributed by atoms with van der Waals surface area (Å²) in [6.07, 6.45) is 6.45. The molecular formula is C21H27N5O3. The number of aromatic nitrogens is 1. The van der Waals surface area contributed by atoms with Crippen LogP contribution in [0, 0.1) is 5.92 Å². The molecule has 1 saturated carbocycles. The molecule has 3 rings (SSSR count). The number of anilines is 2. The van der Waals surface area contributed by atoms with Crippen molar-refractivity contribution in [1.82, 2.24) is 10.3 Å². The van der Waals surface area contributed by atoms with Crippen molar-refractivity contribution in [2.24, 2.45) is 11.7 Å². The molecule has 1 aromatic carbocycles. The zero-order chi connectivity index (χ0) is 20.6. The lowest BCUT2D eigenvalue weighted by Crippen LogP contribution is -2.25. The fraction of sp³-hybridized carbons (Fsp3) is 0.381.